The summed E-state index contributed by atoms with van der Waals surface area (Å²) in [5, 5.41) is 12.0. The van der Waals surface area contributed by atoms with Crippen molar-refractivity contribution in [1.29, 1.82) is 0 Å². The first-order valence-electron chi connectivity index (χ1n) is 9.85. The van der Waals surface area contributed by atoms with E-state index in [0.717, 1.165) is 34.2 Å². The molecular weight excluding hydrogens is 404 g/mol. The average molecular weight is 424 g/mol. The zero-order chi connectivity index (χ0) is 22.3. The second-order valence-electron chi connectivity index (χ2n) is 6.82. The van der Waals surface area contributed by atoms with Crippen LogP contribution in [-0.4, -0.2) is 33.1 Å². The third kappa shape index (κ3) is 5.14. The molecule has 0 atom stereocenters. The molecule has 0 aliphatic carbocycles. The molecule has 4 aromatic rings. The van der Waals surface area contributed by atoms with Gasteiger partial charge >= 0.3 is 5.97 Å². The van der Waals surface area contributed by atoms with Gasteiger partial charge in [-0.3, -0.25) is 0 Å². The van der Waals surface area contributed by atoms with Crippen molar-refractivity contribution in [2.24, 2.45) is 0 Å². The van der Waals surface area contributed by atoms with E-state index in [1.807, 2.05) is 78.9 Å². The van der Waals surface area contributed by atoms with Gasteiger partial charge in [0.25, 0.3) is 0 Å². The van der Waals surface area contributed by atoms with Crippen LogP contribution in [0, 0.1) is 0 Å². The SMILES string of the molecule is COc1ccc(-c2nc(Nc3ccc(C=CC(=O)O)cc3)nc(-c3ccccc3)n2)cc1. The van der Waals surface area contributed by atoms with Gasteiger partial charge in [-0.2, -0.15) is 9.97 Å². The minimum Gasteiger partial charge on any atom is -0.497 e. The van der Waals surface area contributed by atoms with E-state index in [2.05, 4.69) is 20.3 Å². The number of aromatic nitrogens is 3. The first-order chi connectivity index (χ1) is 15.6. The highest BCUT2D eigenvalue weighted by Gasteiger charge is 2.11. The van der Waals surface area contributed by atoms with Crippen LogP contribution in [0.25, 0.3) is 28.9 Å². The molecular formula is C25H20N4O3. The van der Waals surface area contributed by atoms with Crippen molar-refractivity contribution < 1.29 is 14.6 Å². The van der Waals surface area contributed by atoms with E-state index < -0.39 is 5.97 Å². The fraction of sp³-hybridized carbons (Fsp3) is 0.0400. The van der Waals surface area contributed by atoms with E-state index in [0.29, 0.717) is 17.6 Å². The summed E-state index contributed by atoms with van der Waals surface area (Å²) in [7, 11) is 1.62. The number of carboxylic acid groups (broad SMARTS) is 1. The molecule has 0 fully saturated rings. The number of nitrogens with zero attached hydrogens (tertiary/aromatic N) is 3. The fourth-order valence-corrected chi connectivity index (χ4v) is 2.99. The second-order valence-corrected chi connectivity index (χ2v) is 6.82. The first-order valence-corrected chi connectivity index (χ1v) is 9.85. The number of nitrogens with one attached hydrogen (secondary N) is 1. The summed E-state index contributed by atoms with van der Waals surface area (Å²) in [6.45, 7) is 0. The average Bonchev–Trinajstić information content (AvgIpc) is 2.84. The Bertz CT molecular complexity index is 1240. The minimum absolute atomic E-state index is 0.401. The molecule has 0 radical (unpaired) electrons. The van der Waals surface area contributed by atoms with Gasteiger partial charge in [0.1, 0.15) is 5.75 Å². The Hall–Kier alpha value is -4.52. The van der Waals surface area contributed by atoms with Crippen molar-refractivity contribution in [2.75, 3.05) is 12.4 Å². The Kier molecular flexibility index (Phi) is 6.17. The largest absolute Gasteiger partial charge is 0.497 e. The van der Waals surface area contributed by atoms with Crippen LogP contribution >= 0.6 is 0 Å². The lowest BCUT2D eigenvalue weighted by Gasteiger charge is -2.10. The Labute approximate surface area is 185 Å². The van der Waals surface area contributed by atoms with Crippen LogP contribution in [-0.2, 0) is 4.79 Å². The number of hydrogen-bond acceptors (Lipinski definition) is 6. The Morgan fingerprint density at radius 2 is 1.47 bits per heavy atom. The van der Waals surface area contributed by atoms with Crippen LogP contribution in [0.1, 0.15) is 5.56 Å². The van der Waals surface area contributed by atoms with Crippen molar-refractivity contribution in [1.82, 2.24) is 15.0 Å². The van der Waals surface area contributed by atoms with E-state index in [1.165, 1.54) is 6.08 Å². The smallest absolute Gasteiger partial charge is 0.328 e. The van der Waals surface area contributed by atoms with Gasteiger partial charge in [-0.15, -0.1) is 0 Å². The highest BCUT2D eigenvalue weighted by Crippen LogP contribution is 2.25. The predicted molar refractivity (Wildman–Crippen MR) is 124 cm³/mol. The highest BCUT2D eigenvalue weighted by atomic mass is 16.5. The van der Waals surface area contributed by atoms with Gasteiger partial charge in [-0.05, 0) is 48.0 Å². The number of carbonyl (C=O) groups is 1. The number of carboxylic acids is 1. The third-order valence-corrected chi connectivity index (χ3v) is 4.60. The molecule has 2 N–H and O–H groups in total. The molecule has 32 heavy (non-hydrogen) atoms. The molecule has 0 spiro atoms. The molecule has 0 bridgehead atoms. The molecule has 7 nitrogen and oxygen atoms in total. The second kappa shape index (κ2) is 9.53. The molecule has 0 saturated carbocycles. The van der Waals surface area contributed by atoms with E-state index in [9.17, 15) is 4.79 Å². The highest BCUT2D eigenvalue weighted by molar-refractivity contribution is 5.85. The number of benzene rings is 3. The predicted octanol–water partition coefficient (Wildman–Crippen LogP) is 5.06. The zero-order valence-corrected chi connectivity index (χ0v) is 17.3. The summed E-state index contributed by atoms with van der Waals surface area (Å²) in [4.78, 5) is 24.5. The summed E-state index contributed by atoms with van der Waals surface area (Å²) in [5.41, 5.74) is 3.25. The Morgan fingerprint density at radius 1 is 0.844 bits per heavy atom. The lowest BCUT2D eigenvalue weighted by Crippen LogP contribution is -2.03. The van der Waals surface area contributed by atoms with Crippen molar-refractivity contribution in [3.63, 3.8) is 0 Å². The zero-order valence-electron chi connectivity index (χ0n) is 17.3. The lowest BCUT2D eigenvalue weighted by molar-refractivity contribution is -0.131. The molecule has 0 amide bonds. The van der Waals surface area contributed by atoms with Gasteiger partial charge in [-0.25, -0.2) is 9.78 Å². The number of aliphatic carboxylic acids is 1. The maximum Gasteiger partial charge on any atom is 0.328 e. The summed E-state index contributed by atoms with van der Waals surface area (Å²) >= 11 is 0. The minimum atomic E-state index is -0.989. The van der Waals surface area contributed by atoms with E-state index in [1.54, 1.807) is 7.11 Å². The quantitative estimate of drug-likeness (QED) is 0.400. The van der Waals surface area contributed by atoms with E-state index in [-0.39, 0.29) is 0 Å². The molecule has 1 heterocycles. The number of anilines is 2. The van der Waals surface area contributed by atoms with Gasteiger partial charge in [0, 0.05) is 22.9 Å². The summed E-state index contributed by atoms with van der Waals surface area (Å²) < 4.78 is 5.24. The number of methoxy groups -OCH3 is 1. The molecule has 0 aliphatic heterocycles. The maximum atomic E-state index is 10.7. The topological polar surface area (TPSA) is 97.2 Å². The van der Waals surface area contributed by atoms with Gasteiger partial charge < -0.3 is 15.2 Å². The molecule has 7 heteroatoms. The maximum absolute atomic E-state index is 10.7. The summed E-state index contributed by atoms with van der Waals surface area (Å²) in [6, 6.07) is 24.5. The molecule has 1 aromatic heterocycles. The lowest BCUT2D eigenvalue weighted by atomic mass is 10.2. The third-order valence-electron chi connectivity index (χ3n) is 4.60. The van der Waals surface area contributed by atoms with Gasteiger partial charge in [0.15, 0.2) is 11.6 Å². The Morgan fingerprint density at radius 3 is 2.06 bits per heavy atom. The van der Waals surface area contributed by atoms with Crippen molar-refractivity contribution in [3.8, 4) is 28.5 Å². The van der Waals surface area contributed by atoms with Gasteiger partial charge in [0.2, 0.25) is 5.95 Å². The number of ether oxygens (including phenoxy) is 1. The van der Waals surface area contributed by atoms with Gasteiger partial charge in [0.05, 0.1) is 7.11 Å². The van der Waals surface area contributed by atoms with Crippen LogP contribution in [0.3, 0.4) is 0 Å². The fourth-order valence-electron chi connectivity index (χ4n) is 2.99. The molecule has 0 aliphatic rings. The Balaban J connectivity index is 1.68. The summed E-state index contributed by atoms with van der Waals surface area (Å²) in [6.07, 6.45) is 2.63. The van der Waals surface area contributed by atoms with Crippen LogP contribution in [0.2, 0.25) is 0 Å². The van der Waals surface area contributed by atoms with Crippen molar-refractivity contribution in [2.45, 2.75) is 0 Å². The molecule has 0 unspecified atom stereocenters. The first kappa shape index (κ1) is 20.7. The normalized spacial score (nSPS) is 10.8. The monoisotopic (exact) mass is 424 g/mol. The van der Waals surface area contributed by atoms with Crippen molar-refractivity contribution in [3.05, 3.63) is 90.5 Å². The molecule has 0 saturated heterocycles. The molecule has 4 rings (SSSR count). The van der Waals surface area contributed by atoms with E-state index >= 15 is 0 Å². The number of rotatable bonds is 7. The van der Waals surface area contributed by atoms with Crippen LogP contribution < -0.4 is 10.1 Å². The molecule has 158 valence electrons. The van der Waals surface area contributed by atoms with Crippen LogP contribution in [0.4, 0.5) is 11.6 Å². The van der Waals surface area contributed by atoms with Gasteiger partial charge in [-0.1, -0.05) is 42.5 Å². The van der Waals surface area contributed by atoms with Crippen LogP contribution in [0.15, 0.2) is 84.9 Å². The van der Waals surface area contributed by atoms with E-state index in [4.69, 9.17) is 9.84 Å². The number of hydrogen-bond donors (Lipinski definition) is 2. The molecule has 3 aromatic carbocycles. The van der Waals surface area contributed by atoms with Crippen LogP contribution in [0.5, 0.6) is 5.75 Å². The van der Waals surface area contributed by atoms with Crippen molar-refractivity contribution >= 4 is 23.7 Å². The standard InChI is InChI=1S/C25H20N4O3/c1-32-21-14-10-19(11-15-21)24-27-23(18-5-3-2-4-6-18)28-25(29-24)26-20-12-7-17(8-13-20)9-16-22(30)31/h2-16H,1H3,(H,30,31)(H,26,27,28,29). The summed E-state index contributed by atoms with van der Waals surface area (Å²) in [5.74, 6) is 1.25.